The van der Waals surface area contributed by atoms with Crippen molar-refractivity contribution in [2.45, 2.75) is 25.1 Å². The molecule has 0 atom stereocenters. The molecule has 0 fully saturated rings. The van der Waals surface area contributed by atoms with Gasteiger partial charge in [-0.25, -0.2) is 4.98 Å². The number of nitrogens with zero attached hydrogens (tertiary/aromatic N) is 1. The van der Waals surface area contributed by atoms with Crippen LogP contribution in [-0.4, -0.2) is 27.0 Å². The van der Waals surface area contributed by atoms with Crippen molar-refractivity contribution < 1.29 is 25.8 Å². The molecule has 1 aromatic heterocycles. The number of aromatic nitrogens is 1. The maximum Gasteiger partial charge on any atom is 0.534 e. The molecule has 1 aromatic rings. The Labute approximate surface area is 118 Å². The fourth-order valence-electron chi connectivity index (χ4n) is 1.25. The molecule has 1 heterocycles. The largest absolute Gasteiger partial charge is 0.534 e. The highest BCUT2D eigenvalue weighted by molar-refractivity contribution is 9.10. The Balaban J connectivity index is 3.38. The lowest BCUT2D eigenvalue weighted by atomic mass is 10.5. The van der Waals surface area contributed by atoms with E-state index >= 15 is 0 Å². The van der Waals surface area contributed by atoms with Gasteiger partial charge in [0.1, 0.15) is 4.60 Å². The Morgan fingerprint density at radius 2 is 1.84 bits per heavy atom. The van der Waals surface area contributed by atoms with Crippen LogP contribution in [0.2, 0.25) is 19.6 Å². The first-order valence-corrected chi connectivity index (χ1v) is 10.7. The standard InChI is InChI=1S/C9H11BrF3NO3SSi/c1-19(2,3)6-4-5-14-8(10)7(6)17-18(15,16)9(11,12)13/h4-5H,1-3H3. The third kappa shape index (κ3) is 3.69. The molecule has 1 rings (SSSR count). The van der Waals surface area contributed by atoms with E-state index in [9.17, 15) is 21.6 Å². The van der Waals surface area contributed by atoms with E-state index in [1.807, 2.05) is 19.6 Å². The third-order valence-corrected chi connectivity index (χ3v) is 5.67. The second-order valence-corrected chi connectivity index (χ2v) is 12.0. The first kappa shape index (κ1) is 16.4. The lowest BCUT2D eigenvalue weighted by molar-refractivity contribution is -0.0500. The van der Waals surface area contributed by atoms with Crippen molar-refractivity contribution >= 4 is 39.3 Å². The Morgan fingerprint density at radius 1 is 1.32 bits per heavy atom. The van der Waals surface area contributed by atoms with Crippen molar-refractivity contribution in [1.82, 2.24) is 4.98 Å². The van der Waals surface area contributed by atoms with Gasteiger partial charge in [0, 0.05) is 6.20 Å². The first-order chi connectivity index (χ1) is 8.36. The summed E-state index contributed by atoms with van der Waals surface area (Å²) in [6.45, 7) is 5.55. The molecule has 108 valence electrons. The van der Waals surface area contributed by atoms with Gasteiger partial charge in [0.05, 0.1) is 8.07 Å². The number of hydrogen-bond acceptors (Lipinski definition) is 4. The van der Waals surface area contributed by atoms with Gasteiger partial charge in [-0.1, -0.05) is 19.6 Å². The van der Waals surface area contributed by atoms with E-state index in [0.29, 0.717) is 5.19 Å². The predicted molar refractivity (Wildman–Crippen MR) is 70.5 cm³/mol. The summed E-state index contributed by atoms with van der Waals surface area (Å²) in [6.07, 6.45) is 1.38. The minimum Gasteiger partial charge on any atom is -0.373 e. The van der Waals surface area contributed by atoms with E-state index in [2.05, 4.69) is 25.1 Å². The van der Waals surface area contributed by atoms with Crippen molar-refractivity contribution in [3.05, 3.63) is 16.9 Å². The molecular weight excluding hydrogens is 367 g/mol. The van der Waals surface area contributed by atoms with Crippen LogP contribution in [0.3, 0.4) is 0 Å². The molecule has 4 nitrogen and oxygen atoms in total. The van der Waals surface area contributed by atoms with E-state index in [0.717, 1.165) is 0 Å². The highest BCUT2D eigenvalue weighted by atomic mass is 79.9. The monoisotopic (exact) mass is 377 g/mol. The van der Waals surface area contributed by atoms with Crippen LogP contribution in [0.15, 0.2) is 16.9 Å². The van der Waals surface area contributed by atoms with Gasteiger partial charge in [0.15, 0.2) is 5.75 Å². The van der Waals surface area contributed by atoms with Crippen LogP contribution in [0.5, 0.6) is 5.75 Å². The Morgan fingerprint density at radius 3 is 2.26 bits per heavy atom. The van der Waals surface area contributed by atoms with Crippen LogP contribution in [-0.2, 0) is 10.1 Å². The molecule has 0 unspecified atom stereocenters. The van der Waals surface area contributed by atoms with Gasteiger partial charge >= 0.3 is 15.6 Å². The lowest BCUT2D eigenvalue weighted by Crippen LogP contribution is -2.40. The molecule has 0 aromatic carbocycles. The Hall–Kier alpha value is -0.613. The number of hydrogen-bond donors (Lipinski definition) is 0. The zero-order valence-electron chi connectivity index (χ0n) is 10.2. The van der Waals surface area contributed by atoms with Gasteiger partial charge in [0.2, 0.25) is 0 Å². The zero-order chi connectivity index (χ0) is 15.1. The molecular formula is C9H11BrF3NO3SSi. The smallest absolute Gasteiger partial charge is 0.373 e. The van der Waals surface area contributed by atoms with Gasteiger partial charge in [-0.2, -0.15) is 21.6 Å². The zero-order valence-corrected chi connectivity index (χ0v) is 13.6. The fourth-order valence-corrected chi connectivity index (χ4v) is 3.93. The highest BCUT2D eigenvalue weighted by Crippen LogP contribution is 2.30. The molecule has 0 saturated carbocycles. The van der Waals surface area contributed by atoms with Gasteiger partial charge in [-0.3, -0.25) is 0 Å². The Kier molecular flexibility index (Phi) is 4.38. The minimum atomic E-state index is -5.70. The van der Waals surface area contributed by atoms with E-state index in [-0.39, 0.29) is 10.4 Å². The average Bonchev–Trinajstić information content (AvgIpc) is 2.17. The van der Waals surface area contributed by atoms with Crippen LogP contribution in [0.4, 0.5) is 13.2 Å². The van der Waals surface area contributed by atoms with Crippen LogP contribution >= 0.6 is 15.9 Å². The Bertz CT molecular complexity index is 583. The molecule has 0 bridgehead atoms. The van der Waals surface area contributed by atoms with Gasteiger partial charge in [-0.15, -0.1) is 0 Å². The van der Waals surface area contributed by atoms with Crippen molar-refractivity contribution in [2.75, 3.05) is 0 Å². The van der Waals surface area contributed by atoms with Crippen LogP contribution in [0.1, 0.15) is 0 Å². The quantitative estimate of drug-likeness (QED) is 0.351. The molecule has 0 aliphatic heterocycles. The first-order valence-electron chi connectivity index (χ1n) is 5.02. The molecule has 0 amide bonds. The fraction of sp³-hybridized carbons (Fsp3) is 0.444. The number of rotatable bonds is 3. The molecule has 10 heteroatoms. The number of halogens is 4. The molecule has 0 aliphatic carbocycles. The summed E-state index contributed by atoms with van der Waals surface area (Å²) in [5.74, 6) is -0.390. The SMILES string of the molecule is C[Si](C)(C)c1ccnc(Br)c1OS(=O)(=O)C(F)(F)F. The van der Waals surface area contributed by atoms with E-state index in [1.54, 1.807) is 0 Å². The number of alkyl halides is 3. The second-order valence-electron chi connectivity index (χ2n) is 4.71. The maximum absolute atomic E-state index is 12.3. The summed E-state index contributed by atoms with van der Waals surface area (Å²) in [7, 11) is -7.80. The summed E-state index contributed by atoms with van der Waals surface area (Å²) >= 11 is 2.91. The van der Waals surface area contributed by atoms with Gasteiger partial charge < -0.3 is 4.18 Å². The normalized spacial score (nSPS) is 13.4. The topological polar surface area (TPSA) is 56.3 Å². The van der Waals surface area contributed by atoms with E-state index in [4.69, 9.17) is 0 Å². The van der Waals surface area contributed by atoms with Crippen molar-refractivity contribution in [1.29, 1.82) is 0 Å². The van der Waals surface area contributed by atoms with Gasteiger partial charge in [0.25, 0.3) is 0 Å². The molecule has 0 N–H and O–H groups in total. The third-order valence-electron chi connectivity index (χ3n) is 2.15. The summed E-state index contributed by atoms with van der Waals surface area (Å²) in [5, 5.41) is 0.433. The van der Waals surface area contributed by atoms with Crippen molar-refractivity contribution in [2.24, 2.45) is 0 Å². The summed E-state index contributed by atoms with van der Waals surface area (Å²) in [6, 6.07) is 1.47. The molecule has 0 spiro atoms. The minimum absolute atomic E-state index is 0.0692. The predicted octanol–water partition coefficient (Wildman–Crippen LogP) is 2.62. The molecule has 0 aliphatic rings. The van der Waals surface area contributed by atoms with Gasteiger partial charge in [-0.05, 0) is 27.2 Å². The molecule has 0 saturated heterocycles. The lowest BCUT2D eigenvalue weighted by Gasteiger charge is -2.21. The van der Waals surface area contributed by atoms with Crippen molar-refractivity contribution in [3.8, 4) is 5.75 Å². The molecule has 0 radical (unpaired) electrons. The molecule has 19 heavy (non-hydrogen) atoms. The summed E-state index contributed by atoms with van der Waals surface area (Å²) in [5.41, 5.74) is -5.47. The average molecular weight is 378 g/mol. The number of pyridine rings is 1. The summed E-state index contributed by atoms with van der Waals surface area (Å²) < 4.78 is 63.3. The van der Waals surface area contributed by atoms with E-state index in [1.165, 1.54) is 12.3 Å². The maximum atomic E-state index is 12.3. The van der Waals surface area contributed by atoms with Crippen molar-refractivity contribution in [3.63, 3.8) is 0 Å². The second kappa shape index (κ2) is 5.06. The van der Waals surface area contributed by atoms with Crippen LogP contribution in [0, 0.1) is 0 Å². The van der Waals surface area contributed by atoms with Crippen LogP contribution < -0.4 is 9.37 Å². The summed E-state index contributed by atoms with van der Waals surface area (Å²) in [4.78, 5) is 3.70. The van der Waals surface area contributed by atoms with Crippen LogP contribution in [0.25, 0.3) is 0 Å². The van der Waals surface area contributed by atoms with E-state index < -0.39 is 23.7 Å². The highest BCUT2D eigenvalue weighted by Gasteiger charge is 2.49.